The van der Waals surface area contributed by atoms with Gasteiger partial charge in [-0.2, -0.15) is 5.26 Å². The maximum Gasteiger partial charge on any atom is 0.217 e. The lowest BCUT2D eigenvalue weighted by Crippen LogP contribution is -2.31. The Balaban J connectivity index is 2.16. The maximum atomic E-state index is 11.1. The van der Waals surface area contributed by atoms with E-state index in [4.69, 9.17) is 4.74 Å². The molecular weight excluding hydrogens is 312 g/mol. The highest BCUT2D eigenvalue weighted by atomic mass is 16.5. The SMILES string of the molecule is CCCOc1ccc(-c2ccc(CC(C)NC(C)=O)cc2)c(C#N)c1. The number of benzene rings is 2. The van der Waals surface area contributed by atoms with E-state index in [1.807, 2.05) is 50.2 Å². The van der Waals surface area contributed by atoms with E-state index in [2.05, 4.69) is 11.4 Å². The topological polar surface area (TPSA) is 62.1 Å². The zero-order valence-corrected chi connectivity index (χ0v) is 15.0. The monoisotopic (exact) mass is 336 g/mol. The van der Waals surface area contributed by atoms with Crippen molar-refractivity contribution in [2.75, 3.05) is 6.61 Å². The molecule has 1 N–H and O–H groups in total. The molecule has 1 unspecified atom stereocenters. The van der Waals surface area contributed by atoms with E-state index in [0.717, 1.165) is 35.3 Å². The van der Waals surface area contributed by atoms with E-state index in [-0.39, 0.29) is 11.9 Å². The van der Waals surface area contributed by atoms with Gasteiger partial charge in [-0.25, -0.2) is 0 Å². The first-order valence-corrected chi connectivity index (χ1v) is 8.56. The van der Waals surface area contributed by atoms with Crippen molar-refractivity contribution in [1.29, 1.82) is 5.26 Å². The molecule has 1 amide bonds. The molecule has 0 heterocycles. The van der Waals surface area contributed by atoms with Crippen molar-refractivity contribution in [3.8, 4) is 22.9 Å². The molecule has 0 aliphatic rings. The Labute approximate surface area is 149 Å². The highest BCUT2D eigenvalue weighted by molar-refractivity contribution is 5.73. The van der Waals surface area contributed by atoms with E-state index >= 15 is 0 Å². The van der Waals surface area contributed by atoms with E-state index in [0.29, 0.717) is 12.2 Å². The van der Waals surface area contributed by atoms with Gasteiger partial charge in [0, 0.05) is 13.0 Å². The quantitative estimate of drug-likeness (QED) is 0.828. The van der Waals surface area contributed by atoms with Crippen LogP contribution in [0.4, 0.5) is 0 Å². The average molecular weight is 336 g/mol. The molecule has 2 aromatic rings. The summed E-state index contributed by atoms with van der Waals surface area (Å²) < 4.78 is 5.60. The Morgan fingerprint density at radius 2 is 1.96 bits per heavy atom. The molecule has 0 aliphatic carbocycles. The Morgan fingerprint density at radius 3 is 2.56 bits per heavy atom. The van der Waals surface area contributed by atoms with Crippen LogP contribution in [0.3, 0.4) is 0 Å². The van der Waals surface area contributed by atoms with Gasteiger partial charge in [0.15, 0.2) is 0 Å². The number of hydrogen-bond donors (Lipinski definition) is 1. The number of nitriles is 1. The molecule has 0 fully saturated rings. The standard InChI is InChI=1S/C21H24N2O2/c1-4-11-25-20-9-10-21(19(13-20)14-22)18-7-5-17(6-8-18)12-15(2)23-16(3)24/h5-10,13,15H,4,11-12H2,1-3H3,(H,23,24). The van der Waals surface area contributed by atoms with Crippen molar-refractivity contribution >= 4 is 5.91 Å². The summed E-state index contributed by atoms with van der Waals surface area (Å²) in [5.41, 5.74) is 3.64. The Morgan fingerprint density at radius 1 is 1.24 bits per heavy atom. The number of rotatable bonds is 7. The zero-order chi connectivity index (χ0) is 18.2. The first kappa shape index (κ1) is 18.5. The zero-order valence-electron chi connectivity index (χ0n) is 15.0. The van der Waals surface area contributed by atoms with E-state index in [9.17, 15) is 10.1 Å². The predicted molar refractivity (Wildman–Crippen MR) is 99.4 cm³/mol. The van der Waals surface area contributed by atoms with Crippen molar-refractivity contribution in [1.82, 2.24) is 5.32 Å². The molecule has 25 heavy (non-hydrogen) atoms. The minimum Gasteiger partial charge on any atom is -0.494 e. The highest BCUT2D eigenvalue weighted by Crippen LogP contribution is 2.27. The third-order valence-electron chi connectivity index (χ3n) is 3.84. The van der Waals surface area contributed by atoms with Crippen LogP contribution in [0.1, 0.15) is 38.3 Å². The lowest BCUT2D eigenvalue weighted by Gasteiger charge is -2.13. The van der Waals surface area contributed by atoms with Gasteiger partial charge in [0.05, 0.1) is 18.2 Å². The molecule has 0 aromatic heterocycles. The van der Waals surface area contributed by atoms with Gasteiger partial charge >= 0.3 is 0 Å². The smallest absolute Gasteiger partial charge is 0.217 e. The van der Waals surface area contributed by atoms with Crippen molar-refractivity contribution in [3.05, 3.63) is 53.6 Å². The average Bonchev–Trinajstić information content (AvgIpc) is 2.59. The van der Waals surface area contributed by atoms with Crippen LogP contribution in [0.5, 0.6) is 5.75 Å². The minimum absolute atomic E-state index is 0.0202. The Hall–Kier alpha value is -2.80. The van der Waals surface area contributed by atoms with Crippen molar-refractivity contribution < 1.29 is 9.53 Å². The largest absolute Gasteiger partial charge is 0.494 e. The summed E-state index contributed by atoms with van der Waals surface area (Å²) in [6.45, 7) is 6.20. The van der Waals surface area contributed by atoms with Crippen LogP contribution in [0.15, 0.2) is 42.5 Å². The molecule has 4 nitrogen and oxygen atoms in total. The molecule has 0 spiro atoms. The van der Waals surface area contributed by atoms with Crippen molar-refractivity contribution in [2.24, 2.45) is 0 Å². The van der Waals surface area contributed by atoms with Gasteiger partial charge in [-0.1, -0.05) is 31.2 Å². The molecule has 1 atom stereocenters. The molecule has 130 valence electrons. The summed E-state index contributed by atoms with van der Waals surface area (Å²) >= 11 is 0. The van der Waals surface area contributed by atoms with Crippen molar-refractivity contribution in [3.63, 3.8) is 0 Å². The van der Waals surface area contributed by atoms with Crippen LogP contribution in [-0.4, -0.2) is 18.6 Å². The second-order valence-electron chi connectivity index (χ2n) is 6.17. The molecule has 4 heteroatoms. The molecule has 0 aliphatic heterocycles. The molecule has 0 bridgehead atoms. The predicted octanol–water partition coefficient (Wildman–Crippen LogP) is 4.08. The van der Waals surface area contributed by atoms with Crippen LogP contribution in [0.2, 0.25) is 0 Å². The second-order valence-corrected chi connectivity index (χ2v) is 6.17. The van der Waals surface area contributed by atoms with Gasteiger partial charge in [-0.05, 0) is 54.7 Å². The lowest BCUT2D eigenvalue weighted by molar-refractivity contribution is -0.119. The maximum absolute atomic E-state index is 11.1. The van der Waals surface area contributed by atoms with Gasteiger partial charge in [0.2, 0.25) is 5.91 Å². The number of carbonyl (C=O) groups excluding carboxylic acids is 1. The van der Waals surface area contributed by atoms with Crippen LogP contribution in [-0.2, 0) is 11.2 Å². The van der Waals surface area contributed by atoms with Crippen molar-refractivity contribution in [2.45, 2.75) is 39.7 Å². The minimum atomic E-state index is -0.0202. The molecule has 0 saturated heterocycles. The molecule has 0 radical (unpaired) electrons. The van der Waals surface area contributed by atoms with Crippen LogP contribution < -0.4 is 10.1 Å². The Kier molecular flexibility index (Phi) is 6.59. The molecular formula is C21H24N2O2. The molecule has 0 saturated carbocycles. The summed E-state index contributed by atoms with van der Waals surface area (Å²) in [6.07, 6.45) is 1.71. The summed E-state index contributed by atoms with van der Waals surface area (Å²) in [5.74, 6) is 0.705. The van der Waals surface area contributed by atoms with Gasteiger partial charge in [0.25, 0.3) is 0 Å². The summed E-state index contributed by atoms with van der Waals surface area (Å²) in [6, 6.07) is 16.1. The number of ether oxygens (including phenoxy) is 1. The third-order valence-corrected chi connectivity index (χ3v) is 3.84. The number of amides is 1. The second kappa shape index (κ2) is 8.89. The fourth-order valence-corrected chi connectivity index (χ4v) is 2.75. The molecule has 2 aromatic carbocycles. The van der Waals surface area contributed by atoms with E-state index < -0.39 is 0 Å². The van der Waals surface area contributed by atoms with Gasteiger partial charge < -0.3 is 10.1 Å². The number of carbonyl (C=O) groups is 1. The Bertz CT molecular complexity index is 760. The lowest BCUT2D eigenvalue weighted by atomic mass is 9.97. The molecule has 2 rings (SSSR count). The van der Waals surface area contributed by atoms with Gasteiger partial charge in [-0.15, -0.1) is 0 Å². The summed E-state index contributed by atoms with van der Waals surface area (Å²) in [5, 5.41) is 12.3. The van der Waals surface area contributed by atoms with Crippen LogP contribution >= 0.6 is 0 Å². The fraction of sp³-hybridized carbons (Fsp3) is 0.333. The van der Waals surface area contributed by atoms with Gasteiger partial charge in [0.1, 0.15) is 5.75 Å². The first-order valence-electron chi connectivity index (χ1n) is 8.56. The summed E-state index contributed by atoms with van der Waals surface area (Å²) in [4.78, 5) is 11.1. The number of hydrogen-bond acceptors (Lipinski definition) is 3. The highest BCUT2D eigenvalue weighted by Gasteiger charge is 2.09. The fourth-order valence-electron chi connectivity index (χ4n) is 2.75. The first-order chi connectivity index (χ1) is 12.0. The number of nitrogens with one attached hydrogen (secondary N) is 1. The number of nitrogens with zero attached hydrogens (tertiary/aromatic N) is 1. The van der Waals surface area contributed by atoms with Crippen LogP contribution in [0.25, 0.3) is 11.1 Å². The third kappa shape index (κ3) is 5.36. The normalized spacial score (nSPS) is 11.4. The van der Waals surface area contributed by atoms with E-state index in [1.165, 1.54) is 6.92 Å². The van der Waals surface area contributed by atoms with E-state index in [1.54, 1.807) is 6.07 Å². The van der Waals surface area contributed by atoms with Gasteiger partial charge in [-0.3, -0.25) is 4.79 Å². The summed E-state index contributed by atoms with van der Waals surface area (Å²) in [7, 11) is 0. The van der Waals surface area contributed by atoms with Crippen LogP contribution in [0, 0.1) is 11.3 Å².